The summed E-state index contributed by atoms with van der Waals surface area (Å²) in [7, 11) is 1.31. The van der Waals surface area contributed by atoms with Crippen LogP contribution in [0.4, 0.5) is 0 Å². The molecule has 130 valence electrons. The van der Waals surface area contributed by atoms with Crippen molar-refractivity contribution >= 4 is 27.5 Å². The summed E-state index contributed by atoms with van der Waals surface area (Å²) in [5.41, 5.74) is 4.04. The van der Waals surface area contributed by atoms with Crippen LogP contribution in [-0.2, 0) is 9.53 Å². The van der Waals surface area contributed by atoms with Gasteiger partial charge in [-0.1, -0.05) is 18.2 Å². The van der Waals surface area contributed by atoms with E-state index in [1.165, 1.54) is 40.5 Å². The highest BCUT2D eigenvalue weighted by Crippen LogP contribution is 2.36. The quantitative estimate of drug-likeness (QED) is 0.670. The molecule has 25 heavy (non-hydrogen) atoms. The van der Waals surface area contributed by atoms with E-state index in [0.29, 0.717) is 10.2 Å². The van der Waals surface area contributed by atoms with Crippen molar-refractivity contribution in [3.05, 3.63) is 50.9 Å². The molecule has 0 N–H and O–H groups in total. The summed E-state index contributed by atoms with van der Waals surface area (Å²) < 4.78 is 6.10. The largest absolute Gasteiger partial charge is 0.467 e. The number of aromatic nitrogens is 2. The molecule has 5 nitrogen and oxygen atoms in total. The van der Waals surface area contributed by atoms with Crippen LogP contribution in [0, 0.1) is 20.8 Å². The first-order valence-corrected chi connectivity index (χ1v) is 8.82. The first-order valence-electron chi connectivity index (χ1n) is 8.00. The number of thiophene rings is 1. The van der Waals surface area contributed by atoms with Gasteiger partial charge in [0.05, 0.1) is 18.8 Å². The molecule has 1 aromatic carbocycles. The molecule has 2 heterocycles. The van der Waals surface area contributed by atoms with E-state index >= 15 is 0 Å². The molecule has 0 aliphatic heterocycles. The van der Waals surface area contributed by atoms with Crippen LogP contribution < -0.4 is 5.56 Å². The normalized spacial score (nSPS) is 12.4. The summed E-state index contributed by atoms with van der Waals surface area (Å²) in [6, 6.07) is 5.45. The zero-order chi connectivity index (χ0) is 18.3. The number of fused-ring (bicyclic) bond motifs is 1. The topological polar surface area (TPSA) is 61.2 Å². The van der Waals surface area contributed by atoms with Crippen LogP contribution in [-0.4, -0.2) is 22.6 Å². The van der Waals surface area contributed by atoms with Crippen LogP contribution in [0.2, 0.25) is 0 Å². The third kappa shape index (κ3) is 2.87. The number of hydrogen-bond donors (Lipinski definition) is 0. The predicted octanol–water partition coefficient (Wildman–Crippen LogP) is 3.78. The minimum atomic E-state index is -0.720. The Morgan fingerprint density at radius 2 is 1.96 bits per heavy atom. The van der Waals surface area contributed by atoms with Crippen LogP contribution >= 0.6 is 11.3 Å². The number of carbonyl (C=O) groups is 1. The van der Waals surface area contributed by atoms with Gasteiger partial charge in [0.1, 0.15) is 10.9 Å². The molecule has 0 aliphatic carbocycles. The molecule has 0 spiro atoms. The lowest BCUT2D eigenvalue weighted by atomic mass is 9.99. The molecule has 3 rings (SSSR count). The molecule has 1 unspecified atom stereocenters. The van der Waals surface area contributed by atoms with E-state index in [2.05, 4.69) is 31.0 Å². The molecule has 1 atom stereocenters. The van der Waals surface area contributed by atoms with Gasteiger partial charge in [-0.15, -0.1) is 11.3 Å². The smallest absolute Gasteiger partial charge is 0.328 e. The van der Waals surface area contributed by atoms with Crippen LogP contribution in [0.3, 0.4) is 0 Å². The van der Waals surface area contributed by atoms with Gasteiger partial charge in [-0.25, -0.2) is 9.78 Å². The van der Waals surface area contributed by atoms with E-state index in [1.807, 2.05) is 13.0 Å². The summed E-state index contributed by atoms with van der Waals surface area (Å²) in [4.78, 5) is 31.0. The molecular formula is C19H20N2O3S. The summed E-state index contributed by atoms with van der Waals surface area (Å²) in [5.74, 6) is -0.470. The lowest BCUT2D eigenvalue weighted by Gasteiger charge is -2.12. The average molecular weight is 356 g/mol. The van der Waals surface area contributed by atoms with Gasteiger partial charge in [0.2, 0.25) is 0 Å². The van der Waals surface area contributed by atoms with Gasteiger partial charge in [0.25, 0.3) is 5.56 Å². The van der Waals surface area contributed by atoms with Crippen LogP contribution in [0.1, 0.15) is 29.0 Å². The van der Waals surface area contributed by atoms with Crippen molar-refractivity contribution in [2.45, 2.75) is 33.7 Å². The molecule has 0 fully saturated rings. The molecule has 0 saturated heterocycles. The molecule has 0 aliphatic rings. The van der Waals surface area contributed by atoms with Gasteiger partial charge < -0.3 is 4.74 Å². The van der Waals surface area contributed by atoms with Crippen molar-refractivity contribution in [3.8, 4) is 11.1 Å². The fourth-order valence-electron chi connectivity index (χ4n) is 2.92. The number of carbonyl (C=O) groups excluding carboxylic acids is 1. The van der Waals surface area contributed by atoms with E-state index in [9.17, 15) is 9.59 Å². The number of hydrogen-bond acceptors (Lipinski definition) is 5. The highest BCUT2D eigenvalue weighted by atomic mass is 32.1. The third-order valence-corrected chi connectivity index (χ3v) is 5.58. The zero-order valence-electron chi connectivity index (χ0n) is 14.9. The molecule has 0 saturated carbocycles. The zero-order valence-corrected chi connectivity index (χ0v) is 15.7. The second-order valence-electron chi connectivity index (χ2n) is 6.17. The van der Waals surface area contributed by atoms with Crippen molar-refractivity contribution in [2.75, 3.05) is 7.11 Å². The Morgan fingerprint density at radius 3 is 2.60 bits per heavy atom. The molecule has 0 radical (unpaired) electrons. The summed E-state index contributed by atoms with van der Waals surface area (Å²) in [5, 5.41) is 0.559. The van der Waals surface area contributed by atoms with Crippen LogP contribution in [0.5, 0.6) is 0 Å². The Kier molecular flexibility index (Phi) is 4.47. The Morgan fingerprint density at radius 1 is 1.24 bits per heavy atom. The number of rotatable bonds is 3. The summed E-state index contributed by atoms with van der Waals surface area (Å²) in [6.45, 7) is 7.74. The standard InChI is InChI=1S/C19H20N2O3S/c1-10-6-7-14(8-11(10)2)15-13(4)25-17-16(15)18(22)21(9-20-17)12(3)19(23)24-5/h6-9,12H,1-5H3. The fourth-order valence-corrected chi connectivity index (χ4v) is 3.92. The SMILES string of the molecule is COC(=O)C(C)n1cnc2sc(C)c(-c3ccc(C)c(C)c3)c2c1=O. The van der Waals surface area contributed by atoms with Crippen LogP contribution in [0.25, 0.3) is 21.3 Å². The summed E-state index contributed by atoms with van der Waals surface area (Å²) in [6.07, 6.45) is 1.42. The maximum Gasteiger partial charge on any atom is 0.328 e. The molecule has 2 aromatic heterocycles. The lowest BCUT2D eigenvalue weighted by Crippen LogP contribution is -2.29. The minimum absolute atomic E-state index is 0.222. The van der Waals surface area contributed by atoms with E-state index in [1.54, 1.807) is 6.92 Å². The second kappa shape index (κ2) is 6.44. The second-order valence-corrected chi connectivity index (χ2v) is 7.37. The first kappa shape index (κ1) is 17.4. The Balaban J connectivity index is 2.29. The van der Waals surface area contributed by atoms with Crippen molar-refractivity contribution in [1.29, 1.82) is 0 Å². The Hall–Kier alpha value is -2.47. The number of nitrogens with zero attached hydrogens (tertiary/aromatic N) is 2. The van der Waals surface area contributed by atoms with E-state index in [0.717, 1.165) is 16.0 Å². The maximum atomic E-state index is 13.1. The van der Waals surface area contributed by atoms with Crippen molar-refractivity contribution in [3.63, 3.8) is 0 Å². The Labute approximate surface area is 149 Å². The van der Waals surface area contributed by atoms with Crippen molar-refractivity contribution < 1.29 is 9.53 Å². The van der Waals surface area contributed by atoms with Gasteiger partial charge in [0.15, 0.2) is 0 Å². The number of aryl methyl sites for hydroxylation is 3. The van der Waals surface area contributed by atoms with E-state index < -0.39 is 12.0 Å². The van der Waals surface area contributed by atoms with Gasteiger partial charge in [-0.3, -0.25) is 9.36 Å². The van der Waals surface area contributed by atoms with Gasteiger partial charge in [-0.05, 0) is 44.4 Å². The summed E-state index contributed by atoms with van der Waals surface area (Å²) >= 11 is 1.49. The monoisotopic (exact) mass is 356 g/mol. The third-order valence-electron chi connectivity index (χ3n) is 4.57. The predicted molar refractivity (Wildman–Crippen MR) is 100 cm³/mol. The Bertz CT molecular complexity index is 1030. The maximum absolute atomic E-state index is 13.1. The lowest BCUT2D eigenvalue weighted by molar-refractivity contribution is -0.144. The van der Waals surface area contributed by atoms with Crippen molar-refractivity contribution in [2.24, 2.45) is 0 Å². The molecule has 0 bridgehead atoms. The van der Waals surface area contributed by atoms with Gasteiger partial charge in [0, 0.05) is 10.4 Å². The average Bonchev–Trinajstić information content (AvgIpc) is 2.93. The van der Waals surface area contributed by atoms with E-state index in [4.69, 9.17) is 4.74 Å². The minimum Gasteiger partial charge on any atom is -0.467 e. The fraction of sp³-hybridized carbons (Fsp3) is 0.316. The molecular weight excluding hydrogens is 336 g/mol. The number of esters is 1. The van der Waals surface area contributed by atoms with Gasteiger partial charge in [-0.2, -0.15) is 0 Å². The molecule has 3 aromatic rings. The van der Waals surface area contributed by atoms with Crippen LogP contribution in [0.15, 0.2) is 29.3 Å². The molecule has 0 amide bonds. The van der Waals surface area contributed by atoms with E-state index in [-0.39, 0.29) is 5.56 Å². The highest BCUT2D eigenvalue weighted by Gasteiger charge is 2.22. The first-order chi connectivity index (χ1) is 11.8. The number of methoxy groups -OCH3 is 1. The van der Waals surface area contributed by atoms with Gasteiger partial charge >= 0.3 is 5.97 Å². The van der Waals surface area contributed by atoms with Crippen molar-refractivity contribution in [1.82, 2.24) is 9.55 Å². The highest BCUT2D eigenvalue weighted by molar-refractivity contribution is 7.19. The molecule has 6 heteroatoms. The number of benzene rings is 1. The number of ether oxygens (including phenoxy) is 1.